The maximum atomic E-state index is 12.0. The Labute approximate surface area is 122 Å². The van der Waals surface area contributed by atoms with E-state index in [0.29, 0.717) is 17.8 Å². The van der Waals surface area contributed by atoms with E-state index in [1.165, 1.54) is 13.0 Å². The van der Waals surface area contributed by atoms with Crippen LogP contribution < -0.4 is 16.4 Å². The Balaban J connectivity index is 2.67. The normalized spacial score (nSPS) is 11.4. The molecule has 1 rings (SSSR count). The Morgan fingerprint density at radius 3 is 2.62 bits per heavy atom. The maximum absolute atomic E-state index is 12.0. The van der Waals surface area contributed by atoms with E-state index in [9.17, 15) is 14.4 Å². The van der Waals surface area contributed by atoms with Crippen LogP contribution >= 0.6 is 0 Å². The number of rotatable bonds is 4. The van der Waals surface area contributed by atoms with Crippen molar-refractivity contribution in [1.29, 1.82) is 0 Å². The van der Waals surface area contributed by atoms with Crippen LogP contribution in [0.1, 0.15) is 29.8 Å². The SMILES string of the molecule is CCNC(=O)NC(=O)C(C)OC(=O)c1cc(N)ccc1C. The van der Waals surface area contributed by atoms with Crippen LogP contribution in [0.2, 0.25) is 0 Å². The summed E-state index contributed by atoms with van der Waals surface area (Å²) in [7, 11) is 0. The number of anilines is 1. The van der Waals surface area contributed by atoms with Gasteiger partial charge < -0.3 is 15.8 Å². The molecule has 0 aliphatic heterocycles. The largest absolute Gasteiger partial charge is 0.449 e. The van der Waals surface area contributed by atoms with Crippen molar-refractivity contribution in [2.45, 2.75) is 26.9 Å². The first-order chi connectivity index (χ1) is 9.85. The number of benzene rings is 1. The van der Waals surface area contributed by atoms with Gasteiger partial charge in [-0.25, -0.2) is 9.59 Å². The second kappa shape index (κ2) is 7.28. The van der Waals surface area contributed by atoms with Crippen LogP contribution in [0.5, 0.6) is 0 Å². The van der Waals surface area contributed by atoms with Gasteiger partial charge in [0.2, 0.25) is 0 Å². The summed E-state index contributed by atoms with van der Waals surface area (Å²) in [5.41, 5.74) is 7.01. The highest BCUT2D eigenvalue weighted by Gasteiger charge is 2.21. The molecule has 0 aliphatic rings. The predicted octanol–water partition coefficient (Wildman–Crippen LogP) is 0.968. The zero-order valence-electron chi connectivity index (χ0n) is 12.2. The molecule has 0 aliphatic carbocycles. The lowest BCUT2D eigenvalue weighted by molar-refractivity contribution is -0.127. The van der Waals surface area contributed by atoms with Crippen molar-refractivity contribution in [3.63, 3.8) is 0 Å². The lowest BCUT2D eigenvalue weighted by Gasteiger charge is -2.14. The zero-order valence-corrected chi connectivity index (χ0v) is 12.2. The van der Waals surface area contributed by atoms with E-state index in [-0.39, 0.29) is 5.56 Å². The Bertz CT molecular complexity index is 557. The molecule has 0 spiro atoms. The number of nitrogens with one attached hydrogen (secondary N) is 2. The van der Waals surface area contributed by atoms with Crippen molar-refractivity contribution in [1.82, 2.24) is 10.6 Å². The van der Waals surface area contributed by atoms with Crippen molar-refractivity contribution >= 4 is 23.6 Å². The van der Waals surface area contributed by atoms with Gasteiger partial charge in [0.1, 0.15) is 0 Å². The Morgan fingerprint density at radius 1 is 1.33 bits per heavy atom. The van der Waals surface area contributed by atoms with Crippen LogP contribution in [-0.2, 0) is 9.53 Å². The summed E-state index contributed by atoms with van der Waals surface area (Å²) in [6, 6.07) is 4.19. The monoisotopic (exact) mass is 293 g/mol. The van der Waals surface area contributed by atoms with Gasteiger partial charge in [0.05, 0.1) is 5.56 Å². The summed E-state index contributed by atoms with van der Waals surface area (Å²) in [6.45, 7) is 5.22. The van der Waals surface area contributed by atoms with Crippen molar-refractivity contribution in [3.05, 3.63) is 29.3 Å². The lowest BCUT2D eigenvalue weighted by Crippen LogP contribution is -2.44. The Kier molecular flexibility index (Phi) is 5.71. The number of amides is 3. The van der Waals surface area contributed by atoms with E-state index in [1.807, 2.05) is 0 Å². The van der Waals surface area contributed by atoms with Crippen molar-refractivity contribution < 1.29 is 19.1 Å². The summed E-state index contributed by atoms with van der Waals surface area (Å²) in [5.74, 6) is -1.37. The van der Waals surface area contributed by atoms with Gasteiger partial charge in [-0.1, -0.05) is 6.07 Å². The molecule has 4 N–H and O–H groups in total. The average Bonchev–Trinajstić information content (AvgIpc) is 2.41. The molecule has 114 valence electrons. The molecular formula is C14H19N3O4. The fourth-order valence-corrected chi connectivity index (χ4v) is 1.56. The van der Waals surface area contributed by atoms with Crippen LogP contribution in [-0.4, -0.2) is 30.6 Å². The molecule has 0 saturated heterocycles. The molecule has 3 amide bonds. The van der Waals surface area contributed by atoms with Crippen LogP contribution in [0.15, 0.2) is 18.2 Å². The number of nitrogens with two attached hydrogens (primary N) is 1. The maximum Gasteiger partial charge on any atom is 0.339 e. The van der Waals surface area contributed by atoms with Gasteiger partial charge in [-0.05, 0) is 38.5 Å². The molecule has 0 saturated carbocycles. The number of ether oxygens (including phenoxy) is 1. The van der Waals surface area contributed by atoms with E-state index in [4.69, 9.17) is 10.5 Å². The van der Waals surface area contributed by atoms with Crippen molar-refractivity contribution in [2.75, 3.05) is 12.3 Å². The third-order valence-electron chi connectivity index (χ3n) is 2.71. The van der Waals surface area contributed by atoms with Gasteiger partial charge in [0.15, 0.2) is 6.10 Å². The smallest absolute Gasteiger partial charge is 0.339 e. The highest BCUT2D eigenvalue weighted by molar-refractivity contribution is 5.99. The number of aryl methyl sites for hydroxylation is 1. The highest BCUT2D eigenvalue weighted by Crippen LogP contribution is 2.14. The number of imide groups is 1. The van der Waals surface area contributed by atoms with Crippen LogP contribution in [0.4, 0.5) is 10.5 Å². The van der Waals surface area contributed by atoms with E-state index in [2.05, 4.69) is 10.6 Å². The Morgan fingerprint density at radius 2 is 2.00 bits per heavy atom. The fourth-order valence-electron chi connectivity index (χ4n) is 1.56. The number of carbonyl (C=O) groups excluding carboxylic acids is 3. The van der Waals surface area contributed by atoms with E-state index >= 15 is 0 Å². The summed E-state index contributed by atoms with van der Waals surface area (Å²) in [4.78, 5) is 34.9. The lowest BCUT2D eigenvalue weighted by atomic mass is 10.1. The van der Waals surface area contributed by atoms with E-state index < -0.39 is 24.0 Å². The number of hydrogen-bond donors (Lipinski definition) is 3. The molecule has 1 aromatic carbocycles. The molecule has 0 aromatic heterocycles. The molecule has 0 bridgehead atoms. The molecule has 0 radical (unpaired) electrons. The van der Waals surface area contributed by atoms with Crippen LogP contribution in [0.25, 0.3) is 0 Å². The van der Waals surface area contributed by atoms with Crippen LogP contribution in [0, 0.1) is 6.92 Å². The molecule has 1 aromatic rings. The highest BCUT2D eigenvalue weighted by atomic mass is 16.5. The number of hydrogen-bond acceptors (Lipinski definition) is 5. The summed E-state index contributed by atoms with van der Waals surface area (Å²) < 4.78 is 5.03. The average molecular weight is 293 g/mol. The van der Waals surface area contributed by atoms with Gasteiger partial charge in [-0.15, -0.1) is 0 Å². The van der Waals surface area contributed by atoms with Gasteiger partial charge in [-0.2, -0.15) is 0 Å². The molecular weight excluding hydrogens is 274 g/mol. The Hall–Kier alpha value is -2.57. The molecule has 1 unspecified atom stereocenters. The first kappa shape index (κ1) is 16.5. The quantitative estimate of drug-likeness (QED) is 0.566. The number of nitrogen functional groups attached to an aromatic ring is 1. The third-order valence-corrected chi connectivity index (χ3v) is 2.71. The minimum absolute atomic E-state index is 0.285. The topological polar surface area (TPSA) is 111 Å². The molecule has 0 heterocycles. The van der Waals surface area contributed by atoms with Gasteiger partial charge in [0.25, 0.3) is 5.91 Å². The minimum Gasteiger partial charge on any atom is -0.449 e. The predicted molar refractivity (Wildman–Crippen MR) is 77.7 cm³/mol. The summed E-state index contributed by atoms with van der Waals surface area (Å²) >= 11 is 0. The molecule has 7 heteroatoms. The minimum atomic E-state index is -1.10. The first-order valence-corrected chi connectivity index (χ1v) is 6.51. The first-order valence-electron chi connectivity index (χ1n) is 6.51. The molecule has 1 atom stereocenters. The fraction of sp³-hybridized carbons (Fsp3) is 0.357. The van der Waals surface area contributed by atoms with Crippen molar-refractivity contribution in [2.24, 2.45) is 0 Å². The second-order valence-corrected chi connectivity index (χ2v) is 4.47. The van der Waals surface area contributed by atoms with E-state index in [1.54, 1.807) is 26.0 Å². The van der Waals surface area contributed by atoms with Gasteiger partial charge in [-0.3, -0.25) is 10.1 Å². The number of carbonyl (C=O) groups is 3. The number of urea groups is 1. The standard InChI is InChI=1S/C14H19N3O4/c1-4-16-14(20)17-12(18)9(3)21-13(19)11-7-10(15)6-5-8(11)2/h5-7,9H,4,15H2,1-3H3,(H2,16,17,18,20). The molecule has 21 heavy (non-hydrogen) atoms. The third kappa shape index (κ3) is 4.79. The van der Waals surface area contributed by atoms with E-state index in [0.717, 1.165) is 0 Å². The van der Waals surface area contributed by atoms with Gasteiger partial charge in [0, 0.05) is 12.2 Å². The molecule has 0 fully saturated rings. The number of esters is 1. The summed E-state index contributed by atoms with van der Waals surface area (Å²) in [6.07, 6.45) is -1.10. The van der Waals surface area contributed by atoms with Crippen LogP contribution in [0.3, 0.4) is 0 Å². The van der Waals surface area contributed by atoms with Gasteiger partial charge >= 0.3 is 12.0 Å². The summed E-state index contributed by atoms with van der Waals surface area (Å²) in [5, 5.41) is 4.48. The molecule has 7 nitrogen and oxygen atoms in total. The zero-order chi connectivity index (χ0) is 16.0. The van der Waals surface area contributed by atoms with Crippen molar-refractivity contribution in [3.8, 4) is 0 Å². The second-order valence-electron chi connectivity index (χ2n) is 4.47.